The number of carbonyl (C=O) groups is 1. The number of ether oxygens (including phenoxy) is 1. The van der Waals surface area contributed by atoms with Crippen LogP contribution in [-0.4, -0.2) is 32.8 Å². The standard InChI is InChI=1S/C12H14N4O2/c1-3-18-11(17)8-16-14-12(13-15-16)10-7-5-4-6-9(10)2/h4-7H,3,8H2,1-2H3. The summed E-state index contributed by atoms with van der Waals surface area (Å²) < 4.78 is 4.82. The highest BCUT2D eigenvalue weighted by Crippen LogP contribution is 2.17. The number of benzene rings is 1. The van der Waals surface area contributed by atoms with E-state index in [9.17, 15) is 4.79 Å². The van der Waals surface area contributed by atoms with Crippen LogP contribution in [0.2, 0.25) is 0 Å². The van der Waals surface area contributed by atoms with Gasteiger partial charge in [-0.15, -0.1) is 10.2 Å². The molecule has 0 radical (unpaired) electrons. The topological polar surface area (TPSA) is 69.9 Å². The molecule has 0 spiro atoms. The van der Waals surface area contributed by atoms with Gasteiger partial charge in [-0.25, -0.2) is 4.79 Å². The Morgan fingerprint density at radius 1 is 1.39 bits per heavy atom. The molecule has 0 amide bonds. The van der Waals surface area contributed by atoms with E-state index in [1.807, 2.05) is 31.2 Å². The Labute approximate surface area is 105 Å². The molecule has 0 bridgehead atoms. The number of esters is 1. The van der Waals surface area contributed by atoms with Gasteiger partial charge in [-0.05, 0) is 24.6 Å². The molecule has 1 aromatic carbocycles. The predicted octanol–water partition coefficient (Wildman–Crippen LogP) is 1.21. The molecule has 0 N–H and O–H groups in total. The van der Waals surface area contributed by atoms with Gasteiger partial charge in [0.1, 0.15) is 0 Å². The average Bonchev–Trinajstić information content (AvgIpc) is 2.78. The molecular formula is C12H14N4O2. The van der Waals surface area contributed by atoms with Crippen molar-refractivity contribution in [1.29, 1.82) is 0 Å². The first-order valence-corrected chi connectivity index (χ1v) is 5.70. The van der Waals surface area contributed by atoms with Gasteiger partial charge < -0.3 is 4.74 Å². The Morgan fingerprint density at radius 3 is 2.89 bits per heavy atom. The van der Waals surface area contributed by atoms with Crippen molar-refractivity contribution in [1.82, 2.24) is 20.2 Å². The van der Waals surface area contributed by atoms with E-state index in [-0.39, 0.29) is 12.5 Å². The molecule has 18 heavy (non-hydrogen) atoms. The van der Waals surface area contributed by atoms with Crippen LogP contribution in [0.1, 0.15) is 12.5 Å². The number of aryl methyl sites for hydroxylation is 1. The Hall–Kier alpha value is -2.24. The van der Waals surface area contributed by atoms with E-state index in [0.29, 0.717) is 12.4 Å². The second kappa shape index (κ2) is 5.39. The van der Waals surface area contributed by atoms with E-state index >= 15 is 0 Å². The van der Waals surface area contributed by atoms with E-state index < -0.39 is 0 Å². The summed E-state index contributed by atoms with van der Waals surface area (Å²) in [5.74, 6) is 0.142. The molecule has 94 valence electrons. The quantitative estimate of drug-likeness (QED) is 0.758. The maximum Gasteiger partial charge on any atom is 0.329 e. The van der Waals surface area contributed by atoms with Crippen LogP contribution in [0.5, 0.6) is 0 Å². The fourth-order valence-electron chi connectivity index (χ4n) is 1.56. The highest BCUT2D eigenvalue weighted by atomic mass is 16.5. The third-order valence-electron chi connectivity index (χ3n) is 2.41. The summed E-state index contributed by atoms with van der Waals surface area (Å²) in [7, 11) is 0. The molecule has 0 aliphatic rings. The summed E-state index contributed by atoms with van der Waals surface area (Å²) >= 11 is 0. The fraction of sp³-hybridized carbons (Fsp3) is 0.333. The van der Waals surface area contributed by atoms with E-state index in [4.69, 9.17) is 4.74 Å². The van der Waals surface area contributed by atoms with Gasteiger partial charge in [0, 0.05) is 5.56 Å². The van der Waals surface area contributed by atoms with Gasteiger partial charge in [0.15, 0.2) is 6.54 Å². The second-order valence-electron chi connectivity index (χ2n) is 3.76. The van der Waals surface area contributed by atoms with Gasteiger partial charge in [-0.2, -0.15) is 4.80 Å². The van der Waals surface area contributed by atoms with Gasteiger partial charge in [0.05, 0.1) is 6.61 Å². The van der Waals surface area contributed by atoms with Crippen molar-refractivity contribution < 1.29 is 9.53 Å². The van der Waals surface area contributed by atoms with Gasteiger partial charge in [-0.3, -0.25) is 0 Å². The number of aromatic nitrogens is 4. The third kappa shape index (κ3) is 2.71. The van der Waals surface area contributed by atoms with Crippen LogP contribution in [0.25, 0.3) is 11.4 Å². The molecule has 0 fully saturated rings. The lowest BCUT2D eigenvalue weighted by atomic mass is 10.1. The Morgan fingerprint density at radius 2 is 2.17 bits per heavy atom. The maximum absolute atomic E-state index is 11.3. The summed E-state index contributed by atoms with van der Waals surface area (Å²) in [6, 6.07) is 7.75. The zero-order valence-electron chi connectivity index (χ0n) is 10.3. The molecule has 2 aromatic rings. The van der Waals surface area contributed by atoms with Crippen molar-refractivity contribution in [3.63, 3.8) is 0 Å². The molecular weight excluding hydrogens is 232 g/mol. The van der Waals surface area contributed by atoms with Crippen LogP contribution >= 0.6 is 0 Å². The van der Waals surface area contributed by atoms with E-state index in [1.165, 1.54) is 4.80 Å². The number of hydrogen-bond acceptors (Lipinski definition) is 5. The minimum absolute atomic E-state index is 0.0211. The lowest BCUT2D eigenvalue weighted by Crippen LogP contribution is -2.15. The zero-order valence-corrected chi connectivity index (χ0v) is 10.3. The first kappa shape index (κ1) is 12.2. The van der Waals surface area contributed by atoms with Crippen molar-refractivity contribution in [3.05, 3.63) is 29.8 Å². The molecule has 0 saturated carbocycles. The summed E-state index contributed by atoms with van der Waals surface area (Å²) in [4.78, 5) is 12.5. The van der Waals surface area contributed by atoms with Crippen LogP contribution in [0.3, 0.4) is 0 Å². The molecule has 1 heterocycles. The summed E-state index contributed by atoms with van der Waals surface area (Å²) in [6.45, 7) is 4.05. The van der Waals surface area contributed by atoms with Crippen LogP contribution in [0, 0.1) is 6.92 Å². The average molecular weight is 246 g/mol. The summed E-state index contributed by atoms with van der Waals surface area (Å²) in [5, 5.41) is 11.9. The first-order valence-electron chi connectivity index (χ1n) is 5.70. The monoisotopic (exact) mass is 246 g/mol. The Bertz CT molecular complexity index is 551. The number of carbonyl (C=O) groups excluding carboxylic acids is 1. The highest BCUT2D eigenvalue weighted by molar-refractivity contribution is 5.69. The minimum atomic E-state index is -0.369. The maximum atomic E-state index is 11.3. The third-order valence-corrected chi connectivity index (χ3v) is 2.41. The SMILES string of the molecule is CCOC(=O)Cn1nnc(-c2ccccc2C)n1. The Kier molecular flexibility index (Phi) is 3.66. The molecule has 0 atom stereocenters. The zero-order chi connectivity index (χ0) is 13.0. The normalized spacial score (nSPS) is 10.3. The van der Waals surface area contributed by atoms with Crippen LogP contribution in [-0.2, 0) is 16.1 Å². The number of nitrogens with zero attached hydrogens (tertiary/aromatic N) is 4. The van der Waals surface area contributed by atoms with Gasteiger partial charge >= 0.3 is 5.97 Å². The number of tetrazole rings is 1. The van der Waals surface area contributed by atoms with Gasteiger partial charge in [0.2, 0.25) is 5.82 Å². The lowest BCUT2D eigenvalue weighted by Gasteiger charge is -2.00. The van der Waals surface area contributed by atoms with Crippen LogP contribution < -0.4 is 0 Å². The van der Waals surface area contributed by atoms with E-state index in [2.05, 4.69) is 15.4 Å². The minimum Gasteiger partial charge on any atom is -0.465 e. The van der Waals surface area contributed by atoms with Crippen molar-refractivity contribution in [2.24, 2.45) is 0 Å². The smallest absolute Gasteiger partial charge is 0.329 e. The lowest BCUT2D eigenvalue weighted by molar-refractivity contribution is -0.144. The summed E-state index contributed by atoms with van der Waals surface area (Å²) in [5.41, 5.74) is 1.97. The largest absolute Gasteiger partial charge is 0.465 e. The second-order valence-corrected chi connectivity index (χ2v) is 3.76. The molecule has 0 saturated heterocycles. The predicted molar refractivity (Wildman–Crippen MR) is 64.6 cm³/mol. The van der Waals surface area contributed by atoms with E-state index in [1.54, 1.807) is 6.92 Å². The number of hydrogen-bond donors (Lipinski definition) is 0. The van der Waals surface area contributed by atoms with Gasteiger partial charge in [0.25, 0.3) is 0 Å². The molecule has 1 aromatic heterocycles. The first-order chi connectivity index (χ1) is 8.70. The van der Waals surface area contributed by atoms with Crippen molar-refractivity contribution in [3.8, 4) is 11.4 Å². The summed E-state index contributed by atoms with van der Waals surface area (Å²) in [6.07, 6.45) is 0. The van der Waals surface area contributed by atoms with Crippen LogP contribution in [0.15, 0.2) is 24.3 Å². The van der Waals surface area contributed by atoms with Crippen molar-refractivity contribution >= 4 is 5.97 Å². The van der Waals surface area contributed by atoms with Crippen LogP contribution in [0.4, 0.5) is 0 Å². The molecule has 6 heteroatoms. The molecule has 0 unspecified atom stereocenters. The number of rotatable bonds is 4. The van der Waals surface area contributed by atoms with Gasteiger partial charge in [-0.1, -0.05) is 24.3 Å². The molecule has 0 aliphatic carbocycles. The molecule has 6 nitrogen and oxygen atoms in total. The highest BCUT2D eigenvalue weighted by Gasteiger charge is 2.10. The van der Waals surface area contributed by atoms with Crippen molar-refractivity contribution in [2.45, 2.75) is 20.4 Å². The molecule has 2 rings (SSSR count). The fourth-order valence-corrected chi connectivity index (χ4v) is 1.56. The molecule has 0 aliphatic heterocycles. The van der Waals surface area contributed by atoms with E-state index in [0.717, 1.165) is 11.1 Å². The Balaban J connectivity index is 2.16. The van der Waals surface area contributed by atoms with Crippen molar-refractivity contribution in [2.75, 3.05) is 6.61 Å².